The van der Waals surface area contributed by atoms with Gasteiger partial charge in [0.25, 0.3) is 0 Å². The van der Waals surface area contributed by atoms with E-state index in [9.17, 15) is 0 Å². The molecule has 0 saturated carbocycles. The third-order valence-corrected chi connectivity index (χ3v) is 9.45. The summed E-state index contributed by atoms with van der Waals surface area (Å²) in [6.07, 6.45) is 1.91. The number of nitrogens with zero attached hydrogens (tertiary/aromatic N) is 1. The Labute approximate surface area is 260 Å². The zero-order chi connectivity index (χ0) is 29.6. The topological polar surface area (TPSA) is 33.6 Å². The third kappa shape index (κ3) is 4.48. The van der Waals surface area contributed by atoms with E-state index in [4.69, 9.17) is 9.73 Å². The van der Waals surface area contributed by atoms with Gasteiger partial charge < -0.3 is 10.1 Å². The third-order valence-electron chi connectivity index (χ3n) is 8.23. The van der Waals surface area contributed by atoms with Crippen molar-refractivity contribution in [2.45, 2.75) is 6.92 Å². The second-order valence-corrected chi connectivity index (χ2v) is 12.1. The van der Waals surface area contributed by atoms with Crippen LogP contribution in [-0.2, 0) is 0 Å². The number of aryl methyl sites for hydroxylation is 1. The Hall–Kier alpha value is -5.45. The first kappa shape index (κ1) is 26.2. The van der Waals surface area contributed by atoms with Crippen LogP contribution in [0.25, 0.3) is 47.8 Å². The molecule has 1 aromatic heterocycles. The van der Waals surface area contributed by atoms with E-state index in [1.165, 1.54) is 42.1 Å². The summed E-state index contributed by atoms with van der Waals surface area (Å²) in [5, 5.41) is 8.74. The molecular weight excluding hydrogens is 557 g/mol. The largest absolute Gasteiger partial charge is 0.453 e. The standard InChI is InChI=1S/C40H28N2OS/c1-25-22-34-28(20-21-31-30-15-8-11-19-38(30)44-40(31)34)23-33(25)29-14-6-9-17-35(29)41-24-37-39(32-16-7-10-18-36(32)43-37)42-26(2)27-12-4-3-5-13-27/h3-24,41H,2H2,1H3/b37-24-,42-39?. The van der Waals surface area contributed by atoms with Crippen LogP contribution in [0, 0.1) is 6.92 Å². The molecule has 0 unspecified atom stereocenters. The summed E-state index contributed by atoms with van der Waals surface area (Å²) in [4.78, 5) is 4.94. The Bertz CT molecular complexity index is 2310. The van der Waals surface area contributed by atoms with E-state index in [1.54, 1.807) is 0 Å². The summed E-state index contributed by atoms with van der Waals surface area (Å²) in [6, 6.07) is 44.3. The maximum absolute atomic E-state index is 6.30. The molecule has 0 fully saturated rings. The summed E-state index contributed by atoms with van der Waals surface area (Å²) in [5.74, 6) is 1.44. The molecule has 0 radical (unpaired) electrons. The van der Waals surface area contributed by atoms with Crippen molar-refractivity contribution in [2.24, 2.45) is 4.99 Å². The SMILES string of the molecule is C=C(N=C1/C(=C/Nc2ccccc2-c2cc3ccc4c5ccccc5sc4c3cc2C)Oc2ccccc21)c1ccccc1. The molecule has 1 N–H and O–H groups in total. The van der Waals surface area contributed by atoms with Crippen molar-refractivity contribution >= 4 is 59.4 Å². The van der Waals surface area contributed by atoms with Gasteiger partial charge in [0.05, 0.1) is 5.70 Å². The number of rotatable bonds is 5. The minimum Gasteiger partial charge on any atom is -0.453 e. The minimum absolute atomic E-state index is 0.653. The number of nitrogens with one attached hydrogen (secondary N) is 1. The molecule has 0 amide bonds. The smallest absolute Gasteiger partial charge is 0.169 e. The predicted molar refractivity (Wildman–Crippen MR) is 188 cm³/mol. The van der Waals surface area contributed by atoms with Gasteiger partial charge >= 0.3 is 0 Å². The van der Waals surface area contributed by atoms with Crippen LogP contribution in [0.3, 0.4) is 0 Å². The van der Waals surface area contributed by atoms with Crippen LogP contribution >= 0.6 is 11.3 Å². The van der Waals surface area contributed by atoms with E-state index in [0.717, 1.165) is 33.8 Å². The van der Waals surface area contributed by atoms with Gasteiger partial charge in [0, 0.05) is 43.2 Å². The monoisotopic (exact) mass is 584 g/mol. The lowest BCUT2D eigenvalue weighted by atomic mass is 9.94. The number of thiophene rings is 1. The van der Waals surface area contributed by atoms with Gasteiger partial charge in [-0.25, -0.2) is 4.99 Å². The average Bonchev–Trinajstić information content (AvgIpc) is 3.62. The number of hydrogen-bond donors (Lipinski definition) is 1. The van der Waals surface area contributed by atoms with E-state index in [-0.39, 0.29) is 0 Å². The highest BCUT2D eigenvalue weighted by atomic mass is 32.1. The zero-order valence-corrected chi connectivity index (χ0v) is 25.0. The molecule has 6 aromatic carbocycles. The van der Waals surface area contributed by atoms with Gasteiger partial charge in [-0.15, -0.1) is 11.3 Å². The average molecular weight is 585 g/mol. The second kappa shape index (κ2) is 10.7. The van der Waals surface area contributed by atoms with E-state index >= 15 is 0 Å². The first-order chi connectivity index (χ1) is 21.6. The number of anilines is 1. The van der Waals surface area contributed by atoms with Gasteiger partial charge in [0.15, 0.2) is 5.76 Å². The number of fused-ring (bicyclic) bond motifs is 6. The van der Waals surface area contributed by atoms with Crippen molar-refractivity contribution in [1.29, 1.82) is 0 Å². The van der Waals surface area contributed by atoms with E-state index in [0.29, 0.717) is 11.5 Å². The maximum Gasteiger partial charge on any atom is 0.169 e. The summed E-state index contributed by atoms with van der Waals surface area (Å²) in [6.45, 7) is 6.44. The second-order valence-electron chi connectivity index (χ2n) is 11.0. The molecule has 0 atom stereocenters. The fraction of sp³-hybridized carbons (Fsp3) is 0.0250. The number of hydrogen-bond acceptors (Lipinski definition) is 4. The molecule has 0 spiro atoms. The van der Waals surface area contributed by atoms with Gasteiger partial charge in [-0.2, -0.15) is 0 Å². The van der Waals surface area contributed by atoms with Crippen LogP contribution in [0.15, 0.2) is 151 Å². The lowest BCUT2D eigenvalue weighted by molar-refractivity contribution is 0.468. The van der Waals surface area contributed by atoms with Crippen LogP contribution in [0.2, 0.25) is 0 Å². The highest BCUT2D eigenvalue weighted by Gasteiger charge is 2.25. The highest BCUT2D eigenvalue weighted by Crippen LogP contribution is 2.41. The van der Waals surface area contributed by atoms with Gasteiger partial charge in [-0.05, 0) is 70.8 Å². The van der Waals surface area contributed by atoms with Crippen molar-refractivity contribution in [2.75, 3.05) is 5.32 Å². The summed E-state index contributed by atoms with van der Waals surface area (Å²) < 4.78 is 8.97. The molecule has 44 heavy (non-hydrogen) atoms. The molecule has 0 aliphatic carbocycles. The first-order valence-corrected chi connectivity index (χ1v) is 15.5. The molecule has 0 bridgehead atoms. The van der Waals surface area contributed by atoms with Crippen LogP contribution < -0.4 is 10.1 Å². The van der Waals surface area contributed by atoms with Gasteiger partial charge in [0.2, 0.25) is 0 Å². The molecule has 7 aromatic rings. The lowest BCUT2D eigenvalue weighted by Crippen LogP contribution is -2.05. The molecule has 2 heterocycles. The van der Waals surface area contributed by atoms with E-state index < -0.39 is 0 Å². The van der Waals surface area contributed by atoms with E-state index in [1.807, 2.05) is 72.1 Å². The first-order valence-electron chi connectivity index (χ1n) is 14.7. The Morgan fingerprint density at radius 1 is 0.727 bits per heavy atom. The fourth-order valence-corrected chi connectivity index (χ4v) is 7.26. The summed E-state index contributed by atoms with van der Waals surface area (Å²) >= 11 is 1.87. The number of ether oxygens (including phenoxy) is 1. The number of aliphatic imine (C=N–C) groups is 1. The summed E-state index contributed by atoms with van der Waals surface area (Å²) in [7, 11) is 0. The van der Waals surface area contributed by atoms with Gasteiger partial charge in [-0.3, -0.25) is 0 Å². The Morgan fingerprint density at radius 2 is 1.48 bits per heavy atom. The zero-order valence-electron chi connectivity index (χ0n) is 24.2. The van der Waals surface area contributed by atoms with E-state index in [2.05, 4.69) is 91.6 Å². The molecule has 3 nitrogen and oxygen atoms in total. The molecule has 1 aliphatic rings. The maximum atomic E-state index is 6.30. The number of benzene rings is 6. The van der Waals surface area contributed by atoms with Gasteiger partial charge in [0.1, 0.15) is 11.5 Å². The van der Waals surface area contributed by atoms with Crippen LogP contribution in [0.1, 0.15) is 16.7 Å². The molecule has 8 rings (SSSR count). The quantitative estimate of drug-likeness (QED) is 0.218. The molecule has 4 heteroatoms. The Morgan fingerprint density at radius 3 is 2.36 bits per heavy atom. The van der Waals surface area contributed by atoms with Crippen molar-refractivity contribution in [3.05, 3.63) is 163 Å². The van der Waals surface area contributed by atoms with Crippen molar-refractivity contribution < 1.29 is 4.74 Å². The Balaban J connectivity index is 1.18. The highest BCUT2D eigenvalue weighted by molar-refractivity contribution is 7.26. The number of para-hydroxylation sites is 2. The summed E-state index contributed by atoms with van der Waals surface area (Å²) in [5.41, 5.74) is 7.91. The fourth-order valence-electron chi connectivity index (χ4n) is 6.03. The molecular formula is C40H28N2OS. The minimum atomic E-state index is 0.653. The van der Waals surface area contributed by atoms with Crippen LogP contribution in [0.4, 0.5) is 5.69 Å². The van der Waals surface area contributed by atoms with Gasteiger partial charge in [-0.1, -0.05) is 97.6 Å². The van der Waals surface area contributed by atoms with Crippen molar-refractivity contribution in [1.82, 2.24) is 0 Å². The predicted octanol–water partition coefficient (Wildman–Crippen LogP) is 11.0. The lowest BCUT2D eigenvalue weighted by Gasteiger charge is -2.14. The van der Waals surface area contributed by atoms with Crippen molar-refractivity contribution in [3.8, 4) is 16.9 Å². The number of allylic oxidation sites excluding steroid dienone is 1. The molecule has 1 aliphatic heterocycles. The molecule has 210 valence electrons. The van der Waals surface area contributed by atoms with Crippen molar-refractivity contribution in [3.63, 3.8) is 0 Å². The Kier molecular flexibility index (Phi) is 6.36. The van der Waals surface area contributed by atoms with Crippen LogP contribution in [-0.4, -0.2) is 5.71 Å². The molecule has 0 saturated heterocycles. The van der Waals surface area contributed by atoms with Crippen LogP contribution in [0.5, 0.6) is 5.75 Å². The normalized spacial score (nSPS) is 14.4.